The zero-order valence-electron chi connectivity index (χ0n) is 18.7. The van der Waals surface area contributed by atoms with Gasteiger partial charge in [-0.15, -0.1) is 0 Å². The number of hydrogen-bond acceptors (Lipinski definition) is 7. The number of halogens is 1. The van der Waals surface area contributed by atoms with E-state index in [0.717, 1.165) is 25.9 Å². The molecular weight excluding hydrogens is 458 g/mol. The Bertz CT molecular complexity index is 1440. The average molecular weight is 480 g/mol. The van der Waals surface area contributed by atoms with Crippen molar-refractivity contribution in [2.75, 3.05) is 32.2 Å². The number of nitrogens with zero attached hydrogens (tertiary/aromatic N) is 3. The molecular formula is C25H22ClN3O5. The summed E-state index contributed by atoms with van der Waals surface area (Å²) in [4.78, 5) is 28.7. The molecule has 4 aromatic rings. The number of furan rings is 1. The van der Waals surface area contributed by atoms with Crippen molar-refractivity contribution in [1.82, 2.24) is 9.78 Å². The quantitative estimate of drug-likeness (QED) is 0.383. The molecule has 0 unspecified atom stereocenters. The summed E-state index contributed by atoms with van der Waals surface area (Å²) in [6.45, 7) is 1.44. The first-order valence-corrected chi connectivity index (χ1v) is 11.2. The molecule has 0 N–H and O–H groups in total. The lowest BCUT2D eigenvalue weighted by Crippen LogP contribution is -2.24. The van der Waals surface area contributed by atoms with Gasteiger partial charge in [0.2, 0.25) is 5.88 Å². The number of benzene rings is 2. The zero-order chi connectivity index (χ0) is 23.8. The summed E-state index contributed by atoms with van der Waals surface area (Å²) in [6, 6.07) is 14.0. The van der Waals surface area contributed by atoms with Crippen LogP contribution in [0.25, 0.3) is 27.9 Å². The van der Waals surface area contributed by atoms with Crippen molar-refractivity contribution in [3.8, 4) is 22.7 Å². The molecule has 0 saturated carbocycles. The van der Waals surface area contributed by atoms with E-state index < -0.39 is 11.5 Å². The summed E-state index contributed by atoms with van der Waals surface area (Å²) in [7, 11) is 2.84. The number of esters is 1. The predicted molar refractivity (Wildman–Crippen MR) is 129 cm³/mol. The second-order valence-corrected chi connectivity index (χ2v) is 8.38. The van der Waals surface area contributed by atoms with Crippen molar-refractivity contribution >= 4 is 34.4 Å². The minimum absolute atomic E-state index is 0.110. The Hall–Kier alpha value is -3.78. The molecule has 1 saturated heterocycles. The number of rotatable bonds is 5. The summed E-state index contributed by atoms with van der Waals surface area (Å²) in [6.07, 6.45) is 1.93. The summed E-state index contributed by atoms with van der Waals surface area (Å²) in [5.74, 6) is 0.262. The van der Waals surface area contributed by atoms with Gasteiger partial charge in [-0.2, -0.15) is 9.78 Å². The van der Waals surface area contributed by atoms with Crippen LogP contribution in [-0.4, -0.2) is 43.1 Å². The summed E-state index contributed by atoms with van der Waals surface area (Å²) >= 11 is 6.10. The molecule has 1 aliphatic heterocycles. The highest BCUT2D eigenvalue weighted by Gasteiger charge is 2.32. The molecule has 0 amide bonds. The summed E-state index contributed by atoms with van der Waals surface area (Å²) < 4.78 is 17.9. The van der Waals surface area contributed by atoms with Gasteiger partial charge in [-0.25, -0.2) is 4.79 Å². The van der Waals surface area contributed by atoms with Crippen LogP contribution < -0.4 is 15.2 Å². The Kier molecular flexibility index (Phi) is 5.75. The Morgan fingerprint density at radius 2 is 1.82 bits per heavy atom. The molecule has 0 atom stereocenters. The maximum absolute atomic E-state index is 13.8. The number of hydrogen-bond donors (Lipinski definition) is 0. The molecule has 0 spiro atoms. The largest absolute Gasteiger partial charge is 0.497 e. The molecule has 1 fully saturated rings. The number of carbonyl (C=O) groups is 1. The first-order chi connectivity index (χ1) is 16.5. The van der Waals surface area contributed by atoms with E-state index in [9.17, 15) is 9.59 Å². The van der Waals surface area contributed by atoms with Gasteiger partial charge in [0, 0.05) is 29.7 Å². The molecule has 3 heterocycles. The van der Waals surface area contributed by atoms with Crippen molar-refractivity contribution in [3.63, 3.8) is 0 Å². The maximum Gasteiger partial charge on any atom is 0.344 e. The zero-order valence-corrected chi connectivity index (χ0v) is 19.5. The fraction of sp³-hybridized carbons (Fsp3) is 0.240. The van der Waals surface area contributed by atoms with E-state index in [1.807, 2.05) is 4.90 Å². The molecule has 0 radical (unpaired) electrons. The highest BCUT2D eigenvalue weighted by atomic mass is 35.5. The van der Waals surface area contributed by atoms with Gasteiger partial charge < -0.3 is 18.8 Å². The fourth-order valence-corrected chi connectivity index (χ4v) is 4.36. The van der Waals surface area contributed by atoms with Gasteiger partial charge in [0.05, 0.1) is 19.9 Å². The van der Waals surface area contributed by atoms with E-state index >= 15 is 0 Å². The highest BCUT2D eigenvalue weighted by molar-refractivity contribution is 6.30. The highest BCUT2D eigenvalue weighted by Crippen LogP contribution is 2.38. The van der Waals surface area contributed by atoms with Crippen LogP contribution >= 0.6 is 11.6 Å². The molecule has 174 valence electrons. The number of fused-ring (bicyclic) bond motifs is 1. The van der Waals surface area contributed by atoms with E-state index in [1.165, 1.54) is 11.8 Å². The van der Waals surface area contributed by atoms with E-state index in [-0.39, 0.29) is 16.5 Å². The lowest BCUT2D eigenvalue weighted by atomic mass is 10.1. The van der Waals surface area contributed by atoms with Crippen molar-refractivity contribution in [2.45, 2.75) is 12.8 Å². The van der Waals surface area contributed by atoms with Crippen LogP contribution in [-0.2, 0) is 4.74 Å². The van der Waals surface area contributed by atoms with E-state index in [0.29, 0.717) is 33.6 Å². The molecule has 0 bridgehead atoms. The lowest BCUT2D eigenvalue weighted by Gasteiger charge is -2.14. The van der Waals surface area contributed by atoms with Crippen LogP contribution in [0.3, 0.4) is 0 Å². The van der Waals surface area contributed by atoms with Crippen LogP contribution in [0, 0.1) is 0 Å². The topological polar surface area (TPSA) is 86.8 Å². The van der Waals surface area contributed by atoms with Gasteiger partial charge in [0.15, 0.2) is 5.58 Å². The molecule has 9 heteroatoms. The van der Waals surface area contributed by atoms with Gasteiger partial charge in [-0.3, -0.25) is 4.79 Å². The van der Waals surface area contributed by atoms with Crippen LogP contribution in [0.4, 0.5) is 5.88 Å². The molecule has 0 aliphatic carbocycles. The van der Waals surface area contributed by atoms with Crippen molar-refractivity contribution in [3.05, 3.63) is 69.5 Å². The van der Waals surface area contributed by atoms with Crippen molar-refractivity contribution in [1.29, 1.82) is 0 Å². The number of methoxy groups -OCH3 is 2. The Balaban J connectivity index is 1.88. The summed E-state index contributed by atoms with van der Waals surface area (Å²) in [5, 5.41) is 5.34. The van der Waals surface area contributed by atoms with Gasteiger partial charge in [0.1, 0.15) is 22.4 Å². The van der Waals surface area contributed by atoms with Crippen LogP contribution in [0.15, 0.2) is 57.7 Å². The predicted octanol–water partition coefficient (Wildman–Crippen LogP) is 4.69. The summed E-state index contributed by atoms with van der Waals surface area (Å²) in [5.41, 5.74) is 1.43. The average Bonchev–Trinajstić information content (AvgIpc) is 3.53. The van der Waals surface area contributed by atoms with E-state index in [1.54, 1.807) is 55.6 Å². The van der Waals surface area contributed by atoms with Crippen LogP contribution in [0.5, 0.6) is 5.75 Å². The first kappa shape index (κ1) is 22.0. The van der Waals surface area contributed by atoms with Gasteiger partial charge in [-0.05, 0) is 37.1 Å². The minimum atomic E-state index is -0.636. The van der Waals surface area contributed by atoms with Crippen molar-refractivity contribution in [2.24, 2.45) is 0 Å². The Labute approximate surface area is 200 Å². The molecule has 2 aromatic carbocycles. The third kappa shape index (κ3) is 3.70. The van der Waals surface area contributed by atoms with Gasteiger partial charge >= 0.3 is 5.97 Å². The Morgan fingerprint density at radius 1 is 1.09 bits per heavy atom. The molecule has 2 aromatic heterocycles. The number of carbonyl (C=O) groups excluding carboxylic acids is 1. The molecule has 34 heavy (non-hydrogen) atoms. The molecule has 8 nitrogen and oxygen atoms in total. The van der Waals surface area contributed by atoms with Gasteiger partial charge in [-0.1, -0.05) is 29.8 Å². The van der Waals surface area contributed by atoms with Crippen LogP contribution in [0.1, 0.15) is 23.2 Å². The number of anilines is 1. The minimum Gasteiger partial charge on any atom is -0.497 e. The Morgan fingerprint density at radius 3 is 2.50 bits per heavy atom. The second-order valence-electron chi connectivity index (χ2n) is 7.95. The third-order valence-electron chi connectivity index (χ3n) is 5.91. The maximum atomic E-state index is 13.8. The van der Waals surface area contributed by atoms with Gasteiger partial charge in [0.25, 0.3) is 5.56 Å². The van der Waals surface area contributed by atoms with Crippen molar-refractivity contribution < 1.29 is 18.7 Å². The first-order valence-electron chi connectivity index (χ1n) is 10.8. The SMILES string of the molecule is COC(=O)c1c(N2CCCC2)oc2c(-c3ccc(Cl)cc3)nn(-c3cccc(OC)c3)c(=O)c12. The monoisotopic (exact) mass is 479 g/mol. The second kappa shape index (κ2) is 8.87. The number of ether oxygens (including phenoxy) is 2. The third-order valence-corrected chi connectivity index (χ3v) is 6.16. The van der Waals surface area contributed by atoms with E-state index in [2.05, 4.69) is 5.10 Å². The molecule has 5 rings (SSSR count). The normalized spacial score (nSPS) is 13.4. The molecule has 1 aliphatic rings. The van der Waals surface area contributed by atoms with E-state index in [4.69, 9.17) is 25.5 Å². The lowest BCUT2D eigenvalue weighted by molar-refractivity contribution is 0.0602. The number of aromatic nitrogens is 2. The standard InChI is InChI=1S/C25H22ClN3O5/c1-32-18-7-5-6-17(14-18)29-23(30)19-20(25(31)33-2)24(28-12-3-4-13-28)34-22(19)21(27-29)15-8-10-16(26)11-9-15/h5-11,14H,3-4,12-13H2,1-2H3. The smallest absolute Gasteiger partial charge is 0.344 e. The van der Waals surface area contributed by atoms with Crippen LogP contribution in [0.2, 0.25) is 5.02 Å². The fourth-order valence-electron chi connectivity index (χ4n) is 4.23.